The zero-order valence-corrected chi connectivity index (χ0v) is 19.9. The van der Waals surface area contributed by atoms with Gasteiger partial charge in [-0.05, 0) is 41.8 Å². The van der Waals surface area contributed by atoms with E-state index in [0.717, 1.165) is 16.1 Å². The SMILES string of the molecule is CC(C)c1sc(Nc2ncc(-c3cccc(F)c3)cc2C(=O)O)nc1-c1ccc(Cl)c(Cl)c1. The molecule has 5 nitrogen and oxygen atoms in total. The summed E-state index contributed by atoms with van der Waals surface area (Å²) in [5.41, 5.74) is 2.54. The molecule has 9 heteroatoms. The van der Waals surface area contributed by atoms with Gasteiger partial charge in [0.15, 0.2) is 5.13 Å². The molecule has 2 N–H and O–H groups in total. The first-order valence-corrected chi connectivity index (χ1v) is 11.5. The van der Waals surface area contributed by atoms with Gasteiger partial charge in [-0.2, -0.15) is 0 Å². The summed E-state index contributed by atoms with van der Waals surface area (Å²) in [7, 11) is 0. The van der Waals surface area contributed by atoms with Crippen LogP contribution >= 0.6 is 34.5 Å². The zero-order chi connectivity index (χ0) is 23.7. The van der Waals surface area contributed by atoms with E-state index >= 15 is 0 Å². The third-order valence-electron chi connectivity index (χ3n) is 4.87. The molecule has 2 aromatic carbocycles. The van der Waals surface area contributed by atoms with Gasteiger partial charge in [0.05, 0.1) is 15.7 Å². The highest BCUT2D eigenvalue weighted by molar-refractivity contribution is 7.16. The quantitative estimate of drug-likeness (QED) is 0.281. The van der Waals surface area contributed by atoms with Crippen molar-refractivity contribution in [1.82, 2.24) is 9.97 Å². The molecule has 2 heterocycles. The summed E-state index contributed by atoms with van der Waals surface area (Å²) in [4.78, 5) is 21.9. The number of benzene rings is 2. The maximum atomic E-state index is 13.6. The molecular weight excluding hydrogens is 484 g/mol. The summed E-state index contributed by atoms with van der Waals surface area (Å²) >= 11 is 13.7. The predicted molar refractivity (Wildman–Crippen MR) is 132 cm³/mol. The number of nitrogens with zero attached hydrogens (tertiary/aromatic N) is 2. The second kappa shape index (κ2) is 9.47. The fourth-order valence-corrected chi connectivity index (χ4v) is 4.57. The second-order valence-electron chi connectivity index (χ2n) is 7.58. The number of halogens is 3. The lowest BCUT2D eigenvalue weighted by Gasteiger charge is -2.09. The number of hydrogen-bond acceptors (Lipinski definition) is 5. The molecule has 0 aliphatic rings. The Balaban J connectivity index is 1.72. The average molecular weight is 502 g/mol. The van der Waals surface area contributed by atoms with Gasteiger partial charge in [0.2, 0.25) is 0 Å². The van der Waals surface area contributed by atoms with Crippen LogP contribution in [0.1, 0.15) is 35.0 Å². The van der Waals surface area contributed by atoms with Crippen LogP contribution in [0, 0.1) is 5.82 Å². The van der Waals surface area contributed by atoms with Crippen LogP contribution in [0.15, 0.2) is 54.7 Å². The summed E-state index contributed by atoms with van der Waals surface area (Å²) in [6, 6.07) is 12.7. The Kier molecular flexibility index (Phi) is 6.65. The van der Waals surface area contributed by atoms with Crippen molar-refractivity contribution < 1.29 is 14.3 Å². The van der Waals surface area contributed by atoms with Crippen molar-refractivity contribution >= 4 is 51.5 Å². The first-order valence-electron chi connectivity index (χ1n) is 9.95. The van der Waals surface area contributed by atoms with Gasteiger partial charge >= 0.3 is 5.97 Å². The molecule has 2 aromatic heterocycles. The molecule has 0 saturated carbocycles. The van der Waals surface area contributed by atoms with Crippen molar-refractivity contribution in [2.45, 2.75) is 19.8 Å². The predicted octanol–water partition coefficient (Wildman–Crippen LogP) is 7.88. The van der Waals surface area contributed by atoms with Gasteiger partial charge < -0.3 is 10.4 Å². The van der Waals surface area contributed by atoms with Crippen LogP contribution in [0.2, 0.25) is 10.0 Å². The minimum Gasteiger partial charge on any atom is -0.478 e. The van der Waals surface area contributed by atoms with Gasteiger partial charge in [-0.15, -0.1) is 11.3 Å². The number of carboxylic acids is 1. The van der Waals surface area contributed by atoms with Crippen LogP contribution in [0.3, 0.4) is 0 Å². The summed E-state index contributed by atoms with van der Waals surface area (Å²) in [6.07, 6.45) is 1.50. The monoisotopic (exact) mass is 501 g/mol. The molecule has 0 radical (unpaired) electrons. The molecule has 4 rings (SSSR count). The number of anilines is 2. The number of nitrogens with one attached hydrogen (secondary N) is 1. The van der Waals surface area contributed by atoms with Crippen LogP contribution in [0.5, 0.6) is 0 Å². The Bertz CT molecular complexity index is 1360. The van der Waals surface area contributed by atoms with Crippen LogP contribution in [-0.4, -0.2) is 21.0 Å². The number of hydrogen-bond donors (Lipinski definition) is 2. The number of carboxylic acid groups (broad SMARTS) is 1. The molecule has 0 unspecified atom stereocenters. The topological polar surface area (TPSA) is 75.1 Å². The molecule has 0 aliphatic carbocycles. The number of aromatic nitrogens is 2. The number of pyridine rings is 1. The maximum Gasteiger partial charge on any atom is 0.339 e. The minimum atomic E-state index is -1.16. The highest BCUT2D eigenvalue weighted by Gasteiger charge is 2.20. The molecule has 0 atom stereocenters. The molecule has 0 aliphatic heterocycles. The Hall–Kier alpha value is -3.00. The van der Waals surface area contributed by atoms with E-state index in [1.165, 1.54) is 35.7 Å². The minimum absolute atomic E-state index is 0.0471. The van der Waals surface area contributed by atoms with Crippen molar-refractivity contribution in [1.29, 1.82) is 0 Å². The molecule has 0 bridgehead atoms. The highest BCUT2D eigenvalue weighted by Crippen LogP contribution is 2.39. The van der Waals surface area contributed by atoms with Crippen LogP contribution in [-0.2, 0) is 0 Å². The van der Waals surface area contributed by atoms with Gasteiger partial charge in [0, 0.05) is 22.2 Å². The first-order chi connectivity index (χ1) is 15.7. The van der Waals surface area contributed by atoms with E-state index in [1.807, 2.05) is 19.9 Å². The average Bonchev–Trinajstić information content (AvgIpc) is 3.20. The fraction of sp³-hybridized carbons (Fsp3) is 0.125. The molecular formula is C24H18Cl2FN3O2S. The maximum absolute atomic E-state index is 13.6. The largest absolute Gasteiger partial charge is 0.478 e. The fourth-order valence-electron chi connectivity index (χ4n) is 3.28. The third kappa shape index (κ3) is 5.00. The second-order valence-corrected chi connectivity index (χ2v) is 9.42. The molecule has 0 spiro atoms. The van der Waals surface area contributed by atoms with Crippen LogP contribution in [0.25, 0.3) is 22.4 Å². The summed E-state index contributed by atoms with van der Waals surface area (Å²) in [5, 5.41) is 14.2. The van der Waals surface area contributed by atoms with E-state index in [1.54, 1.807) is 24.3 Å². The molecule has 168 valence electrons. The van der Waals surface area contributed by atoms with Crippen molar-refractivity contribution in [3.05, 3.63) is 81.0 Å². The zero-order valence-electron chi connectivity index (χ0n) is 17.6. The van der Waals surface area contributed by atoms with E-state index in [-0.39, 0.29) is 17.3 Å². The third-order valence-corrected chi connectivity index (χ3v) is 6.88. The van der Waals surface area contributed by atoms with Gasteiger partial charge in [-0.1, -0.05) is 55.2 Å². The first kappa shape index (κ1) is 23.2. The summed E-state index contributed by atoms with van der Waals surface area (Å²) in [6.45, 7) is 4.10. The Morgan fingerprint density at radius 1 is 1.06 bits per heavy atom. The smallest absolute Gasteiger partial charge is 0.339 e. The number of carbonyl (C=O) groups is 1. The van der Waals surface area contributed by atoms with Gasteiger partial charge in [-0.25, -0.2) is 19.2 Å². The number of thiazole rings is 1. The van der Waals surface area contributed by atoms with E-state index in [9.17, 15) is 14.3 Å². The lowest BCUT2D eigenvalue weighted by Crippen LogP contribution is -2.05. The Labute approximate surface area is 203 Å². The highest BCUT2D eigenvalue weighted by atomic mass is 35.5. The molecule has 0 amide bonds. The normalized spacial score (nSPS) is 11.1. The van der Waals surface area contributed by atoms with Gasteiger partial charge in [0.1, 0.15) is 17.2 Å². The Morgan fingerprint density at radius 3 is 2.52 bits per heavy atom. The van der Waals surface area contributed by atoms with Crippen LogP contribution in [0.4, 0.5) is 15.3 Å². The molecule has 33 heavy (non-hydrogen) atoms. The molecule has 0 saturated heterocycles. The number of aromatic carboxylic acids is 1. The van der Waals surface area contributed by atoms with E-state index in [4.69, 9.17) is 23.2 Å². The van der Waals surface area contributed by atoms with E-state index in [2.05, 4.69) is 15.3 Å². The van der Waals surface area contributed by atoms with Crippen LogP contribution < -0.4 is 5.32 Å². The van der Waals surface area contributed by atoms with Crippen molar-refractivity contribution in [3.8, 4) is 22.4 Å². The molecule has 0 fully saturated rings. The molecule has 4 aromatic rings. The van der Waals surface area contributed by atoms with Crippen molar-refractivity contribution in [3.63, 3.8) is 0 Å². The number of rotatable bonds is 6. The Morgan fingerprint density at radius 2 is 1.85 bits per heavy atom. The van der Waals surface area contributed by atoms with Crippen molar-refractivity contribution in [2.24, 2.45) is 0 Å². The van der Waals surface area contributed by atoms with Gasteiger partial charge in [0.25, 0.3) is 0 Å². The standard InChI is InChI=1S/C24H18Cl2FN3O2S/c1-12(2)21-20(14-6-7-18(25)19(26)10-14)29-24(33-21)30-22-17(23(31)32)9-15(11-28-22)13-4-3-5-16(27)8-13/h3-12H,1-2H3,(H,31,32)(H,28,29,30). The summed E-state index contributed by atoms with van der Waals surface area (Å²) in [5.74, 6) is -1.25. The lowest BCUT2D eigenvalue weighted by molar-refractivity contribution is 0.0697. The van der Waals surface area contributed by atoms with Gasteiger partial charge in [-0.3, -0.25) is 0 Å². The summed E-state index contributed by atoms with van der Waals surface area (Å²) < 4.78 is 13.6. The van der Waals surface area contributed by atoms with E-state index < -0.39 is 11.8 Å². The van der Waals surface area contributed by atoms with E-state index in [0.29, 0.717) is 26.3 Å². The lowest BCUT2D eigenvalue weighted by atomic mass is 10.1. The van der Waals surface area contributed by atoms with Crippen molar-refractivity contribution in [2.75, 3.05) is 5.32 Å².